The fraction of sp³-hybridized carbons (Fsp3) is 0.750. The number of ether oxygens (including phenoxy) is 4. The first-order valence-corrected chi connectivity index (χ1v) is 4.73. The summed E-state index contributed by atoms with van der Waals surface area (Å²) in [5.74, 6) is 0. The van der Waals surface area contributed by atoms with Crippen molar-refractivity contribution in [3.05, 3.63) is 0 Å². The third-order valence-corrected chi connectivity index (χ3v) is 2.50. The minimum absolute atomic E-state index is 0.164. The first-order chi connectivity index (χ1) is 7.58. The van der Waals surface area contributed by atoms with Gasteiger partial charge in [-0.05, 0) is 0 Å². The van der Waals surface area contributed by atoms with Gasteiger partial charge in [-0.2, -0.15) is 0 Å². The molecule has 0 aliphatic carbocycles. The molecule has 0 saturated carbocycles. The van der Waals surface area contributed by atoms with E-state index in [2.05, 4.69) is 0 Å². The Labute approximate surface area is 90.7 Å². The lowest BCUT2D eigenvalue weighted by molar-refractivity contribution is -0.00864. The molecule has 2 aliphatic heterocycles. The van der Waals surface area contributed by atoms with Crippen molar-refractivity contribution in [3.63, 3.8) is 0 Å². The van der Waals surface area contributed by atoms with E-state index in [1.54, 1.807) is 0 Å². The van der Waals surface area contributed by atoms with Crippen molar-refractivity contribution < 1.29 is 28.5 Å². The van der Waals surface area contributed by atoms with Gasteiger partial charge in [0.15, 0.2) is 12.2 Å². The third kappa shape index (κ3) is 2.02. The largest absolute Gasteiger partial charge is 0.441 e. The number of amides is 2. The second kappa shape index (κ2) is 4.14. The number of primary amides is 2. The number of rotatable bonds is 2. The number of carbonyl (C=O) groups is 2. The lowest BCUT2D eigenvalue weighted by Crippen LogP contribution is -2.37. The lowest BCUT2D eigenvalue weighted by atomic mass is 10.1. The van der Waals surface area contributed by atoms with Crippen LogP contribution in [0.1, 0.15) is 0 Å². The zero-order valence-electron chi connectivity index (χ0n) is 8.33. The molecule has 2 aliphatic rings. The van der Waals surface area contributed by atoms with Crippen molar-refractivity contribution in [1.82, 2.24) is 0 Å². The molecule has 0 bridgehead atoms. The molecule has 90 valence electrons. The van der Waals surface area contributed by atoms with E-state index in [4.69, 9.17) is 30.4 Å². The van der Waals surface area contributed by atoms with E-state index in [-0.39, 0.29) is 13.2 Å². The van der Waals surface area contributed by atoms with E-state index < -0.39 is 36.6 Å². The van der Waals surface area contributed by atoms with Crippen LogP contribution in [0, 0.1) is 0 Å². The fourth-order valence-corrected chi connectivity index (χ4v) is 1.93. The number of hydrogen-bond acceptors (Lipinski definition) is 6. The van der Waals surface area contributed by atoms with Gasteiger partial charge in [0.05, 0.1) is 13.2 Å². The van der Waals surface area contributed by atoms with Crippen LogP contribution in [0.3, 0.4) is 0 Å². The molecule has 0 aromatic carbocycles. The topological polar surface area (TPSA) is 123 Å². The Balaban J connectivity index is 1.95. The van der Waals surface area contributed by atoms with Gasteiger partial charge in [-0.3, -0.25) is 0 Å². The predicted molar refractivity (Wildman–Crippen MR) is 48.4 cm³/mol. The van der Waals surface area contributed by atoms with Crippen LogP contribution in [0.5, 0.6) is 0 Å². The molecule has 2 rings (SSSR count). The molecule has 0 spiro atoms. The van der Waals surface area contributed by atoms with Crippen molar-refractivity contribution in [3.8, 4) is 0 Å². The van der Waals surface area contributed by atoms with E-state index >= 15 is 0 Å². The Morgan fingerprint density at radius 3 is 1.62 bits per heavy atom. The summed E-state index contributed by atoms with van der Waals surface area (Å²) in [6, 6.07) is 0. The third-order valence-electron chi connectivity index (χ3n) is 2.50. The molecule has 4 N–H and O–H groups in total. The second-order valence-corrected chi connectivity index (χ2v) is 3.55. The summed E-state index contributed by atoms with van der Waals surface area (Å²) in [5, 5.41) is 0. The molecule has 8 nitrogen and oxygen atoms in total. The van der Waals surface area contributed by atoms with Crippen LogP contribution in [0.2, 0.25) is 0 Å². The molecule has 4 atom stereocenters. The quantitative estimate of drug-likeness (QED) is 0.610. The molecule has 2 saturated heterocycles. The highest BCUT2D eigenvalue weighted by Crippen LogP contribution is 2.30. The molecular weight excluding hydrogens is 220 g/mol. The van der Waals surface area contributed by atoms with Gasteiger partial charge < -0.3 is 30.4 Å². The maximum absolute atomic E-state index is 10.6. The molecule has 2 fully saturated rings. The Kier molecular flexibility index (Phi) is 2.84. The van der Waals surface area contributed by atoms with Gasteiger partial charge in [0.1, 0.15) is 12.2 Å². The van der Waals surface area contributed by atoms with Crippen LogP contribution in [0.25, 0.3) is 0 Å². The van der Waals surface area contributed by atoms with Crippen LogP contribution < -0.4 is 11.5 Å². The molecule has 0 aromatic rings. The monoisotopic (exact) mass is 232 g/mol. The Morgan fingerprint density at radius 1 is 0.938 bits per heavy atom. The van der Waals surface area contributed by atoms with Gasteiger partial charge in [0.2, 0.25) is 0 Å². The maximum Gasteiger partial charge on any atom is 0.404 e. The molecular formula is C8H12N2O6. The smallest absolute Gasteiger partial charge is 0.404 e. The maximum atomic E-state index is 10.6. The molecule has 16 heavy (non-hydrogen) atoms. The zero-order valence-corrected chi connectivity index (χ0v) is 8.33. The van der Waals surface area contributed by atoms with Crippen LogP contribution >= 0.6 is 0 Å². The summed E-state index contributed by atoms with van der Waals surface area (Å²) in [7, 11) is 0. The average molecular weight is 232 g/mol. The van der Waals surface area contributed by atoms with Gasteiger partial charge in [0, 0.05) is 0 Å². The summed E-state index contributed by atoms with van der Waals surface area (Å²) >= 11 is 0. The molecule has 8 heteroatoms. The molecule has 0 radical (unpaired) electrons. The Morgan fingerprint density at radius 2 is 1.31 bits per heavy atom. The standard InChI is InChI=1S/C8H12N2O6/c9-7(11)15-3-1-13-6-4(16-8(10)12)2-14-5(3)6/h3-6H,1-2H2,(H2,9,11)(H2,10,12)/t3-,4+,5-,6-/m1/s1. The van der Waals surface area contributed by atoms with E-state index in [0.29, 0.717) is 0 Å². The van der Waals surface area contributed by atoms with Crippen molar-refractivity contribution in [2.75, 3.05) is 13.2 Å². The van der Waals surface area contributed by atoms with E-state index in [0.717, 1.165) is 0 Å². The molecule has 2 amide bonds. The summed E-state index contributed by atoms with van der Waals surface area (Å²) in [6.45, 7) is 0.327. The predicted octanol–water partition coefficient (Wildman–Crippen LogP) is -1.29. The second-order valence-electron chi connectivity index (χ2n) is 3.55. The van der Waals surface area contributed by atoms with Crippen molar-refractivity contribution in [1.29, 1.82) is 0 Å². The highest BCUT2D eigenvalue weighted by molar-refractivity contribution is 5.65. The van der Waals surface area contributed by atoms with E-state index in [9.17, 15) is 9.59 Å². The zero-order chi connectivity index (χ0) is 11.7. The van der Waals surface area contributed by atoms with Gasteiger partial charge in [-0.1, -0.05) is 0 Å². The first-order valence-electron chi connectivity index (χ1n) is 4.73. The Bertz CT molecular complexity index is 279. The van der Waals surface area contributed by atoms with Gasteiger partial charge >= 0.3 is 12.2 Å². The SMILES string of the molecule is NC(=O)O[C@H]1CO[C@H]2[C@@H]1OC[C@H]2OC(N)=O. The molecule has 0 unspecified atom stereocenters. The molecule has 2 heterocycles. The highest BCUT2D eigenvalue weighted by atomic mass is 16.7. The van der Waals surface area contributed by atoms with Crippen LogP contribution in [0.15, 0.2) is 0 Å². The highest BCUT2D eigenvalue weighted by Gasteiger charge is 2.50. The van der Waals surface area contributed by atoms with Crippen LogP contribution in [0.4, 0.5) is 9.59 Å². The fourth-order valence-electron chi connectivity index (χ4n) is 1.93. The van der Waals surface area contributed by atoms with Gasteiger partial charge in [-0.25, -0.2) is 9.59 Å². The van der Waals surface area contributed by atoms with Crippen molar-refractivity contribution in [2.24, 2.45) is 11.5 Å². The van der Waals surface area contributed by atoms with Crippen LogP contribution in [-0.2, 0) is 18.9 Å². The number of nitrogens with two attached hydrogens (primary N) is 2. The number of hydrogen-bond donors (Lipinski definition) is 2. The minimum atomic E-state index is -0.892. The summed E-state index contributed by atoms with van der Waals surface area (Å²) in [6.07, 6.45) is -3.84. The van der Waals surface area contributed by atoms with E-state index in [1.165, 1.54) is 0 Å². The van der Waals surface area contributed by atoms with Gasteiger partial charge in [0.25, 0.3) is 0 Å². The normalized spacial score (nSPS) is 36.8. The first kappa shape index (κ1) is 11.0. The summed E-state index contributed by atoms with van der Waals surface area (Å²) in [5.41, 5.74) is 9.79. The van der Waals surface area contributed by atoms with E-state index in [1.807, 2.05) is 0 Å². The number of carbonyl (C=O) groups excluding carboxylic acids is 2. The van der Waals surface area contributed by atoms with Crippen molar-refractivity contribution >= 4 is 12.2 Å². The molecule has 0 aromatic heterocycles. The van der Waals surface area contributed by atoms with Crippen LogP contribution in [-0.4, -0.2) is 49.8 Å². The van der Waals surface area contributed by atoms with Gasteiger partial charge in [-0.15, -0.1) is 0 Å². The number of fused-ring (bicyclic) bond motifs is 1. The lowest BCUT2D eigenvalue weighted by Gasteiger charge is -2.15. The average Bonchev–Trinajstić information content (AvgIpc) is 2.70. The summed E-state index contributed by atoms with van der Waals surface area (Å²) < 4.78 is 20.2. The Hall–Kier alpha value is -1.54. The van der Waals surface area contributed by atoms with Crippen molar-refractivity contribution in [2.45, 2.75) is 24.4 Å². The minimum Gasteiger partial charge on any atom is -0.441 e. The summed E-state index contributed by atoms with van der Waals surface area (Å²) in [4.78, 5) is 21.2.